The minimum absolute atomic E-state index is 0.0357. The molecule has 2 aliphatic rings. The van der Waals surface area contributed by atoms with E-state index in [0.717, 1.165) is 10.4 Å². The third kappa shape index (κ3) is 3.18. The van der Waals surface area contributed by atoms with Crippen molar-refractivity contribution in [1.82, 2.24) is 9.29 Å². The van der Waals surface area contributed by atoms with Crippen molar-refractivity contribution in [2.75, 3.05) is 25.6 Å². The first-order valence-corrected chi connectivity index (χ1v) is 10.7. The Hall–Kier alpha value is -2.76. The predicted octanol–water partition coefficient (Wildman–Crippen LogP) is 1.31. The summed E-state index contributed by atoms with van der Waals surface area (Å²) in [7, 11) is -2.64. The summed E-state index contributed by atoms with van der Waals surface area (Å²) in [6.45, 7) is -0.327. The number of nitrogens with two attached hydrogens (primary N) is 1. The maximum Gasteiger partial charge on any atom is 0.274 e. The van der Waals surface area contributed by atoms with Crippen LogP contribution in [0.15, 0.2) is 41.5 Å². The number of rotatable bonds is 3. The maximum atomic E-state index is 14.9. The fourth-order valence-electron chi connectivity index (χ4n) is 3.54. The number of hydrogen-bond acceptors (Lipinski definition) is 7. The van der Waals surface area contributed by atoms with Crippen molar-refractivity contribution in [1.29, 1.82) is 0 Å². The number of hydrogen-bond donors (Lipinski definition) is 2. The topological polar surface area (TPSA) is 127 Å². The molecule has 30 heavy (non-hydrogen) atoms. The second kappa shape index (κ2) is 7.18. The summed E-state index contributed by atoms with van der Waals surface area (Å²) < 4.78 is 46.8. The molecular formula is C18H17ClFN5O4S. The van der Waals surface area contributed by atoms with Crippen LogP contribution in [-0.2, 0) is 20.3 Å². The smallest absolute Gasteiger partial charge is 0.274 e. The molecule has 158 valence electrons. The number of aliphatic imine (C=N–C) groups is 1. The van der Waals surface area contributed by atoms with Gasteiger partial charge >= 0.3 is 0 Å². The molecule has 1 fully saturated rings. The number of amides is 1. The molecule has 1 amide bonds. The number of carbonyl (C=O) groups is 1. The van der Waals surface area contributed by atoms with E-state index in [4.69, 9.17) is 22.1 Å². The molecule has 0 bridgehead atoms. The number of nitrogens with zero attached hydrogens (tertiary/aromatic N) is 3. The van der Waals surface area contributed by atoms with Crippen LogP contribution in [0.25, 0.3) is 0 Å². The highest BCUT2D eigenvalue weighted by Gasteiger charge is 2.58. The molecule has 1 saturated heterocycles. The van der Waals surface area contributed by atoms with Crippen LogP contribution in [0, 0.1) is 5.82 Å². The molecule has 0 aliphatic carbocycles. The van der Waals surface area contributed by atoms with Crippen molar-refractivity contribution >= 4 is 39.2 Å². The molecule has 2 unspecified atom stereocenters. The molecule has 1 aromatic carbocycles. The number of sulfonamides is 1. The zero-order chi connectivity index (χ0) is 21.7. The number of guanidine groups is 1. The molecule has 4 rings (SSSR count). The first-order chi connectivity index (χ1) is 14.1. The number of ether oxygens (including phenoxy) is 1. The summed E-state index contributed by atoms with van der Waals surface area (Å²) in [5, 5.41) is 1.83. The standard InChI is InChI=1S/C18H17ClFN5O4S/c1-25-17(21)24-18(9-29-8-15(18)30(25,27)28)12-6-11(3-4-13(12)20)23-16(26)14-5-2-10(19)7-22-14/h2-7,15H,8-9H2,1H3,(H2,21,24)(H,23,26). The van der Waals surface area contributed by atoms with Crippen molar-refractivity contribution in [3.63, 3.8) is 0 Å². The average Bonchev–Trinajstić information content (AvgIpc) is 3.14. The van der Waals surface area contributed by atoms with E-state index in [2.05, 4.69) is 15.3 Å². The lowest BCUT2D eigenvalue weighted by Crippen LogP contribution is -2.57. The van der Waals surface area contributed by atoms with E-state index >= 15 is 0 Å². The van der Waals surface area contributed by atoms with Gasteiger partial charge in [0.1, 0.15) is 22.3 Å². The molecule has 0 spiro atoms. The van der Waals surface area contributed by atoms with Crippen LogP contribution in [0.1, 0.15) is 16.1 Å². The molecule has 0 radical (unpaired) electrons. The highest BCUT2D eigenvalue weighted by atomic mass is 35.5. The van der Waals surface area contributed by atoms with Gasteiger partial charge in [-0.05, 0) is 30.3 Å². The fourth-order valence-corrected chi connectivity index (χ4v) is 5.34. The lowest BCUT2D eigenvalue weighted by Gasteiger charge is -2.38. The number of fused-ring (bicyclic) bond motifs is 1. The van der Waals surface area contributed by atoms with Crippen molar-refractivity contribution in [2.24, 2.45) is 10.7 Å². The Labute approximate surface area is 176 Å². The average molecular weight is 454 g/mol. The third-order valence-electron chi connectivity index (χ3n) is 5.15. The second-order valence-corrected chi connectivity index (χ2v) is 9.50. The van der Waals surface area contributed by atoms with Gasteiger partial charge in [-0.3, -0.25) is 4.79 Å². The van der Waals surface area contributed by atoms with Gasteiger partial charge in [-0.1, -0.05) is 11.6 Å². The van der Waals surface area contributed by atoms with Gasteiger partial charge in [0.05, 0.1) is 18.2 Å². The Balaban J connectivity index is 1.75. The van der Waals surface area contributed by atoms with Crippen molar-refractivity contribution < 1.29 is 22.3 Å². The quantitative estimate of drug-likeness (QED) is 0.721. The third-order valence-corrected chi connectivity index (χ3v) is 7.57. The van der Waals surface area contributed by atoms with Gasteiger partial charge in [0.15, 0.2) is 0 Å². The molecule has 2 atom stereocenters. The number of benzene rings is 1. The summed E-state index contributed by atoms with van der Waals surface area (Å²) in [5.41, 5.74) is 4.57. The molecule has 12 heteroatoms. The Morgan fingerprint density at radius 3 is 2.87 bits per heavy atom. The summed E-state index contributed by atoms with van der Waals surface area (Å²) >= 11 is 5.77. The molecule has 3 heterocycles. The first-order valence-electron chi connectivity index (χ1n) is 8.79. The van der Waals surface area contributed by atoms with Crippen LogP contribution in [0.5, 0.6) is 0 Å². The van der Waals surface area contributed by atoms with E-state index in [1.807, 2.05) is 0 Å². The van der Waals surface area contributed by atoms with E-state index in [-0.39, 0.29) is 36.1 Å². The van der Waals surface area contributed by atoms with Gasteiger partial charge in [-0.2, -0.15) is 0 Å². The number of halogens is 2. The van der Waals surface area contributed by atoms with Gasteiger partial charge in [-0.25, -0.2) is 27.1 Å². The van der Waals surface area contributed by atoms with Crippen molar-refractivity contribution in [3.05, 3.63) is 58.6 Å². The largest absolute Gasteiger partial charge is 0.377 e. The monoisotopic (exact) mass is 453 g/mol. The molecule has 9 nitrogen and oxygen atoms in total. The second-order valence-electron chi connectivity index (χ2n) is 6.92. The van der Waals surface area contributed by atoms with Crippen molar-refractivity contribution in [2.45, 2.75) is 10.8 Å². The Morgan fingerprint density at radius 2 is 2.17 bits per heavy atom. The number of anilines is 1. The minimum atomic E-state index is -3.92. The van der Waals surface area contributed by atoms with Gasteiger partial charge in [0.25, 0.3) is 5.91 Å². The predicted molar refractivity (Wildman–Crippen MR) is 108 cm³/mol. The molecule has 1 aromatic heterocycles. The number of aromatic nitrogens is 1. The Bertz CT molecular complexity index is 1160. The molecule has 0 saturated carbocycles. The van der Waals surface area contributed by atoms with E-state index in [1.54, 1.807) is 0 Å². The molecule has 2 aromatic rings. The summed E-state index contributed by atoms with van der Waals surface area (Å²) in [5.74, 6) is -1.50. The summed E-state index contributed by atoms with van der Waals surface area (Å²) in [6, 6.07) is 6.77. The van der Waals surface area contributed by atoms with Gasteiger partial charge in [0, 0.05) is 24.5 Å². The van der Waals surface area contributed by atoms with E-state index in [9.17, 15) is 17.6 Å². The van der Waals surface area contributed by atoms with Crippen LogP contribution >= 0.6 is 11.6 Å². The van der Waals surface area contributed by atoms with Crippen LogP contribution in [-0.4, -0.2) is 55.1 Å². The van der Waals surface area contributed by atoms with Gasteiger partial charge < -0.3 is 15.8 Å². The highest BCUT2D eigenvalue weighted by molar-refractivity contribution is 7.90. The first kappa shape index (κ1) is 20.5. The zero-order valence-corrected chi connectivity index (χ0v) is 17.2. The van der Waals surface area contributed by atoms with Gasteiger partial charge in [-0.15, -0.1) is 0 Å². The van der Waals surface area contributed by atoms with E-state index in [0.29, 0.717) is 5.02 Å². The normalized spacial score (nSPS) is 24.8. The van der Waals surface area contributed by atoms with E-state index < -0.39 is 32.5 Å². The molecular weight excluding hydrogens is 437 g/mol. The lowest BCUT2D eigenvalue weighted by molar-refractivity contribution is 0.102. The van der Waals surface area contributed by atoms with Gasteiger partial charge in [0.2, 0.25) is 16.0 Å². The maximum absolute atomic E-state index is 14.9. The fraction of sp³-hybridized carbons (Fsp3) is 0.278. The minimum Gasteiger partial charge on any atom is -0.377 e. The van der Waals surface area contributed by atoms with Crippen LogP contribution < -0.4 is 11.1 Å². The Kier molecular flexibility index (Phi) is 4.91. The zero-order valence-electron chi connectivity index (χ0n) is 15.7. The summed E-state index contributed by atoms with van der Waals surface area (Å²) in [4.78, 5) is 20.7. The summed E-state index contributed by atoms with van der Waals surface area (Å²) in [6.07, 6.45) is 1.33. The SMILES string of the molecule is CN1C(N)=NC2(c3cc(NC(=O)c4ccc(Cl)cn4)ccc3F)COCC2S1(=O)=O. The highest BCUT2D eigenvalue weighted by Crippen LogP contribution is 2.44. The van der Waals surface area contributed by atoms with E-state index in [1.165, 1.54) is 37.5 Å². The molecule has 2 aliphatic heterocycles. The number of nitrogens with one attached hydrogen (secondary N) is 1. The molecule has 3 N–H and O–H groups in total. The number of pyridine rings is 1. The Morgan fingerprint density at radius 1 is 1.40 bits per heavy atom. The van der Waals surface area contributed by atoms with Crippen LogP contribution in [0.3, 0.4) is 0 Å². The van der Waals surface area contributed by atoms with Crippen LogP contribution in [0.2, 0.25) is 5.02 Å². The number of carbonyl (C=O) groups excluding carboxylic acids is 1. The van der Waals surface area contributed by atoms with Crippen LogP contribution in [0.4, 0.5) is 10.1 Å². The van der Waals surface area contributed by atoms with Crippen molar-refractivity contribution in [3.8, 4) is 0 Å². The lowest BCUT2D eigenvalue weighted by atomic mass is 9.88.